The Morgan fingerprint density at radius 1 is 0.892 bits per heavy atom. The molecule has 1 saturated heterocycles. The van der Waals surface area contributed by atoms with Crippen molar-refractivity contribution in [2.24, 2.45) is 0 Å². The highest BCUT2D eigenvalue weighted by molar-refractivity contribution is 5.95. The number of fused-ring (bicyclic) bond motifs is 1. The van der Waals surface area contributed by atoms with Crippen LogP contribution in [0.25, 0.3) is 10.9 Å². The molecular weight excluding hydrogens is 470 g/mol. The second kappa shape index (κ2) is 10.6. The summed E-state index contributed by atoms with van der Waals surface area (Å²) in [4.78, 5) is 26.3. The first kappa shape index (κ1) is 24.2. The smallest absolute Gasteiger partial charge is 0.254 e. The Kier molecular flexibility index (Phi) is 6.93. The van der Waals surface area contributed by atoms with Crippen LogP contribution in [-0.4, -0.2) is 61.2 Å². The number of hydrogen-bond acceptors (Lipinski definition) is 8. The molecule has 0 spiro atoms. The molecule has 0 unspecified atom stereocenters. The first-order valence-electron chi connectivity index (χ1n) is 12.1. The van der Waals surface area contributed by atoms with Crippen LogP contribution in [0, 0.1) is 0 Å². The van der Waals surface area contributed by atoms with E-state index in [0.717, 1.165) is 5.56 Å². The van der Waals surface area contributed by atoms with E-state index < -0.39 is 0 Å². The molecule has 1 aromatic heterocycles. The van der Waals surface area contributed by atoms with Gasteiger partial charge in [0.05, 0.1) is 19.7 Å². The normalized spacial score (nSPS) is 13.5. The van der Waals surface area contributed by atoms with Crippen molar-refractivity contribution in [3.8, 4) is 17.2 Å². The van der Waals surface area contributed by atoms with Gasteiger partial charge >= 0.3 is 0 Å². The second-order valence-electron chi connectivity index (χ2n) is 8.71. The Bertz CT molecular complexity index is 1400. The number of hydrogen-bond donors (Lipinski definition) is 1. The number of anilines is 2. The summed E-state index contributed by atoms with van der Waals surface area (Å²) >= 11 is 0. The van der Waals surface area contributed by atoms with Crippen molar-refractivity contribution in [1.29, 1.82) is 0 Å². The third kappa shape index (κ3) is 5.20. The summed E-state index contributed by atoms with van der Waals surface area (Å²) in [5, 5.41) is 0.699. The van der Waals surface area contributed by atoms with E-state index in [0.29, 0.717) is 78.3 Å². The second-order valence-corrected chi connectivity index (χ2v) is 8.71. The summed E-state index contributed by atoms with van der Waals surface area (Å²) in [5.41, 5.74) is 8.60. The molecule has 3 aromatic carbocycles. The van der Waals surface area contributed by atoms with E-state index in [1.807, 2.05) is 58.3 Å². The molecule has 2 N–H and O–H groups in total. The summed E-state index contributed by atoms with van der Waals surface area (Å²) in [7, 11) is 3.15. The fraction of sp³-hybridized carbons (Fsp3) is 0.250. The summed E-state index contributed by atoms with van der Waals surface area (Å²) < 4.78 is 16.7. The van der Waals surface area contributed by atoms with Crippen molar-refractivity contribution in [2.75, 3.05) is 51.0 Å². The Balaban J connectivity index is 1.25. The highest BCUT2D eigenvalue weighted by Crippen LogP contribution is 2.34. The number of aromatic nitrogens is 2. The molecule has 37 heavy (non-hydrogen) atoms. The lowest BCUT2D eigenvalue weighted by molar-refractivity contribution is 0.0745. The van der Waals surface area contributed by atoms with Crippen LogP contribution in [0.1, 0.15) is 15.9 Å². The standard InChI is InChI=1S/C28H29N5O4/c1-35-24-16-22-23(17-25(24)36-2)30-28(31-26(22)29)33-13-11-32(12-14-33)27(34)20-9-6-10-21(15-20)37-18-19-7-4-3-5-8-19/h3-10,15-17H,11-14,18H2,1-2H3,(H2,29,30,31). The molecule has 0 radical (unpaired) electrons. The van der Waals surface area contributed by atoms with Gasteiger partial charge in [0.1, 0.15) is 18.2 Å². The molecule has 4 aromatic rings. The van der Waals surface area contributed by atoms with Crippen LogP contribution in [0.2, 0.25) is 0 Å². The van der Waals surface area contributed by atoms with Crippen molar-refractivity contribution in [3.05, 3.63) is 77.9 Å². The van der Waals surface area contributed by atoms with Gasteiger partial charge in [0.2, 0.25) is 5.95 Å². The summed E-state index contributed by atoms with van der Waals surface area (Å²) in [6, 6.07) is 20.8. The summed E-state index contributed by atoms with van der Waals surface area (Å²) in [6.07, 6.45) is 0. The Hall–Kier alpha value is -4.53. The topological polar surface area (TPSA) is 103 Å². The summed E-state index contributed by atoms with van der Waals surface area (Å²) in [6.45, 7) is 2.72. The number of amides is 1. The lowest BCUT2D eigenvalue weighted by atomic mass is 10.1. The van der Waals surface area contributed by atoms with Crippen LogP contribution < -0.4 is 24.8 Å². The molecule has 2 heterocycles. The molecular formula is C28H29N5O4. The minimum absolute atomic E-state index is 0.0272. The van der Waals surface area contributed by atoms with Crippen molar-refractivity contribution in [2.45, 2.75) is 6.61 Å². The maximum absolute atomic E-state index is 13.2. The fourth-order valence-corrected chi connectivity index (χ4v) is 4.36. The van der Waals surface area contributed by atoms with Crippen LogP contribution in [0.15, 0.2) is 66.7 Å². The average molecular weight is 500 g/mol. The van der Waals surface area contributed by atoms with E-state index >= 15 is 0 Å². The molecule has 0 aliphatic carbocycles. The van der Waals surface area contributed by atoms with Gasteiger partial charge in [-0.25, -0.2) is 4.98 Å². The van der Waals surface area contributed by atoms with E-state index in [2.05, 4.69) is 4.98 Å². The van der Waals surface area contributed by atoms with E-state index in [-0.39, 0.29) is 5.91 Å². The summed E-state index contributed by atoms with van der Waals surface area (Å²) in [5.74, 6) is 2.68. The van der Waals surface area contributed by atoms with Gasteiger partial charge in [0.25, 0.3) is 5.91 Å². The zero-order valence-corrected chi connectivity index (χ0v) is 20.9. The molecule has 0 saturated carbocycles. The molecule has 1 aliphatic heterocycles. The monoisotopic (exact) mass is 499 g/mol. The SMILES string of the molecule is COc1cc2nc(N3CCN(C(=O)c4cccc(OCc5ccccc5)c4)CC3)nc(N)c2cc1OC. The average Bonchev–Trinajstić information content (AvgIpc) is 2.95. The lowest BCUT2D eigenvalue weighted by Gasteiger charge is -2.35. The number of nitrogens with zero attached hydrogens (tertiary/aromatic N) is 4. The van der Waals surface area contributed by atoms with Gasteiger partial charge in [-0.15, -0.1) is 0 Å². The molecule has 9 heteroatoms. The number of piperazine rings is 1. The molecule has 1 fully saturated rings. The Morgan fingerprint density at radius 3 is 2.35 bits per heavy atom. The highest BCUT2D eigenvalue weighted by Gasteiger charge is 2.25. The van der Waals surface area contributed by atoms with Crippen molar-refractivity contribution in [1.82, 2.24) is 14.9 Å². The van der Waals surface area contributed by atoms with E-state index in [1.54, 1.807) is 32.4 Å². The largest absolute Gasteiger partial charge is 0.493 e. The molecule has 5 rings (SSSR count). The number of rotatable bonds is 7. The van der Waals surface area contributed by atoms with Crippen LogP contribution in [0.3, 0.4) is 0 Å². The molecule has 9 nitrogen and oxygen atoms in total. The van der Waals surface area contributed by atoms with Gasteiger partial charge in [0, 0.05) is 43.2 Å². The third-order valence-corrected chi connectivity index (χ3v) is 6.40. The minimum atomic E-state index is -0.0272. The van der Waals surface area contributed by atoms with Crippen molar-refractivity contribution < 1.29 is 19.0 Å². The maximum atomic E-state index is 13.2. The number of ether oxygens (including phenoxy) is 3. The number of methoxy groups -OCH3 is 2. The third-order valence-electron chi connectivity index (χ3n) is 6.40. The molecule has 0 atom stereocenters. The van der Waals surface area contributed by atoms with Gasteiger partial charge in [-0.3, -0.25) is 4.79 Å². The molecule has 190 valence electrons. The van der Waals surface area contributed by atoms with E-state index in [9.17, 15) is 4.79 Å². The molecule has 1 amide bonds. The quantitative estimate of drug-likeness (QED) is 0.410. The van der Waals surface area contributed by atoms with E-state index in [1.165, 1.54) is 0 Å². The lowest BCUT2D eigenvalue weighted by Crippen LogP contribution is -2.49. The predicted octanol–water partition coefficient (Wildman–Crippen LogP) is 3.77. The highest BCUT2D eigenvalue weighted by atomic mass is 16.5. The van der Waals surface area contributed by atoms with Gasteiger partial charge in [-0.2, -0.15) is 4.98 Å². The van der Waals surface area contributed by atoms with Crippen molar-refractivity contribution in [3.63, 3.8) is 0 Å². The van der Waals surface area contributed by atoms with Crippen LogP contribution in [0.5, 0.6) is 17.2 Å². The first-order valence-corrected chi connectivity index (χ1v) is 12.1. The number of benzene rings is 3. The van der Waals surface area contributed by atoms with Gasteiger partial charge in [0.15, 0.2) is 11.5 Å². The van der Waals surface area contributed by atoms with Gasteiger partial charge < -0.3 is 29.7 Å². The number of nitrogen functional groups attached to an aromatic ring is 1. The van der Waals surface area contributed by atoms with Crippen LogP contribution in [-0.2, 0) is 6.61 Å². The molecule has 1 aliphatic rings. The van der Waals surface area contributed by atoms with Gasteiger partial charge in [-0.05, 0) is 29.8 Å². The number of carbonyl (C=O) groups excluding carboxylic acids is 1. The van der Waals surface area contributed by atoms with E-state index in [4.69, 9.17) is 24.9 Å². The number of nitrogens with two attached hydrogens (primary N) is 1. The molecule has 0 bridgehead atoms. The maximum Gasteiger partial charge on any atom is 0.254 e. The van der Waals surface area contributed by atoms with Gasteiger partial charge in [-0.1, -0.05) is 36.4 Å². The fourth-order valence-electron chi connectivity index (χ4n) is 4.36. The zero-order valence-electron chi connectivity index (χ0n) is 20.9. The zero-order chi connectivity index (χ0) is 25.8. The van der Waals surface area contributed by atoms with Crippen LogP contribution >= 0.6 is 0 Å². The Morgan fingerprint density at radius 2 is 1.62 bits per heavy atom. The number of carbonyl (C=O) groups is 1. The van der Waals surface area contributed by atoms with Crippen molar-refractivity contribution >= 4 is 28.6 Å². The van der Waals surface area contributed by atoms with Crippen LogP contribution in [0.4, 0.5) is 11.8 Å². The predicted molar refractivity (Wildman–Crippen MR) is 142 cm³/mol. The minimum Gasteiger partial charge on any atom is -0.493 e. The Labute approximate surface area is 215 Å². The first-order chi connectivity index (χ1) is 18.1.